The second-order valence-corrected chi connectivity index (χ2v) is 3.72. The van der Waals surface area contributed by atoms with Crippen molar-refractivity contribution in [2.45, 2.75) is 26.8 Å². The molecule has 1 N–H and O–H groups in total. The van der Waals surface area contributed by atoms with E-state index in [0.717, 1.165) is 12.1 Å². The summed E-state index contributed by atoms with van der Waals surface area (Å²) in [6.45, 7) is 8.94. The van der Waals surface area contributed by atoms with Crippen LogP contribution in [0.15, 0.2) is 18.3 Å². The van der Waals surface area contributed by atoms with Gasteiger partial charge in [-0.2, -0.15) is 0 Å². The minimum atomic E-state index is 0.246. The molecule has 1 heterocycles. The van der Waals surface area contributed by atoms with Crippen molar-refractivity contribution in [3.8, 4) is 5.88 Å². The molecule has 17 heavy (non-hydrogen) atoms. The number of hydrogen-bond acceptors (Lipinski definition) is 4. The van der Waals surface area contributed by atoms with Crippen LogP contribution < -0.4 is 10.1 Å². The lowest BCUT2D eigenvalue weighted by molar-refractivity contribution is 0.108. The Balaban J connectivity index is 2.57. The van der Waals surface area contributed by atoms with Crippen molar-refractivity contribution in [3.05, 3.63) is 23.9 Å². The number of aromatic nitrogens is 1. The van der Waals surface area contributed by atoms with Crippen LogP contribution in [0.4, 0.5) is 0 Å². The summed E-state index contributed by atoms with van der Waals surface area (Å²) in [5.41, 5.74) is 1.09. The van der Waals surface area contributed by atoms with Gasteiger partial charge in [-0.05, 0) is 26.5 Å². The molecule has 0 amide bonds. The molecule has 0 bridgehead atoms. The first kappa shape index (κ1) is 13.9. The molecular weight excluding hydrogens is 216 g/mol. The van der Waals surface area contributed by atoms with Crippen LogP contribution in [-0.2, 0) is 4.74 Å². The summed E-state index contributed by atoms with van der Waals surface area (Å²) in [6, 6.07) is 4.21. The minimum absolute atomic E-state index is 0.246. The molecule has 0 fully saturated rings. The summed E-state index contributed by atoms with van der Waals surface area (Å²) < 4.78 is 10.9. The zero-order chi connectivity index (χ0) is 12.5. The van der Waals surface area contributed by atoms with Crippen LogP contribution >= 0.6 is 0 Å². The monoisotopic (exact) mass is 238 g/mol. The third kappa shape index (κ3) is 4.71. The highest BCUT2D eigenvalue weighted by Crippen LogP contribution is 2.21. The average Bonchev–Trinajstić information content (AvgIpc) is 2.35. The second-order valence-electron chi connectivity index (χ2n) is 3.72. The quantitative estimate of drug-likeness (QED) is 0.705. The van der Waals surface area contributed by atoms with Gasteiger partial charge in [0.25, 0.3) is 0 Å². The van der Waals surface area contributed by atoms with E-state index >= 15 is 0 Å². The van der Waals surface area contributed by atoms with E-state index in [2.05, 4.69) is 24.1 Å². The van der Waals surface area contributed by atoms with Gasteiger partial charge in [-0.25, -0.2) is 4.98 Å². The predicted octanol–water partition coefficient (Wildman–Crippen LogP) is 2.17. The fourth-order valence-electron chi connectivity index (χ4n) is 1.61. The van der Waals surface area contributed by atoms with Gasteiger partial charge >= 0.3 is 0 Å². The topological polar surface area (TPSA) is 43.4 Å². The summed E-state index contributed by atoms with van der Waals surface area (Å²) in [5, 5.41) is 3.35. The standard InChI is InChI=1S/C13H22N2O2/c1-4-14-11(3)12-7-6-8-15-13(12)17-10-9-16-5-2/h6-8,11,14H,4-5,9-10H2,1-3H3. The SMILES string of the molecule is CCNC(C)c1cccnc1OCCOCC. The molecule has 1 aromatic rings. The van der Waals surface area contributed by atoms with Gasteiger partial charge in [0, 0.05) is 24.4 Å². The number of ether oxygens (including phenoxy) is 2. The molecule has 96 valence electrons. The van der Waals surface area contributed by atoms with Crippen LogP contribution in [0.3, 0.4) is 0 Å². The summed E-state index contributed by atoms with van der Waals surface area (Å²) in [7, 11) is 0. The molecule has 0 aliphatic heterocycles. The maximum absolute atomic E-state index is 5.63. The van der Waals surface area contributed by atoms with E-state index in [9.17, 15) is 0 Å². The van der Waals surface area contributed by atoms with E-state index < -0.39 is 0 Å². The van der Waals surface area contributed by atoms with E-state index in [-0.39, 0.29) is 6.04 Å². The predicted molar refractivity (Wildman–Crippen MR) is 68.3 cm³/mol. The van der Waals surface area contributed by atoms with E-state index in [4.69, 9.17) is 9.47 Å². The molecule has 0 saturated heterocycles. The van der Waals surface area contributed by atoms with Crippen LogP contribution in [0.5, 0.6) is 5.88 Å². The molecule has 0 aliphatic rings. The highest BCUT2D eigenvalue weighted by Gasteiger charge is 2.11. The van der Waals surface area contributed by atoms with Gasteiger partial charge in [-0.3, -0.25) is 0 Å². The van der Waals surface area contributed by atoms with Crippen molar-refractivity contribution in [2.24, 2.45) is 0 Å². The molecule has 1 atom stereocenters. The van der Waals surface area contributed by atoms with Crippen molar-refractivity contribution < 1.29 is 9.47 Å². The second kappa shape index (κ2) is 8.03. The van der Waals surface area contributed by atoms with E-state index in [0.29, 0.717) is 25.7 Å². The third-order valence-electron chi connectivity index (χ3n) is 2.45. The molecule has 1 aromatic heterocycles. The first-order chi connectivity index (χ1) is 8.29. The Labute approximate surface area is 103 Å². The zero-order valence-electron chi connectivity index (χ0n) is 10.9. The fraction of sp³-hybridized carbons (Fsp3) is 0.615. The van der Waals surface area contributed by atoms with Crippen molar-refractivity contribution in [3.63, 3.8) is 0 Å². The molecule has 4 nitrogen and oxygen atoms in total. The van der Waals surface area contributed by atoms with Crippen LogP contribution in [0.1, 0.15) is 32.4 Å². The Hall–Kier alpha value is -1.13. The molecule has 4 heteroatoms. The Bertz CT molecular complexity index is 318. The highest BCUT2D eigenvalue weighted by molar-refractivity contribution is 5.28. The Morgan fingerprint density at radius 2 is 2.18 bits per heavy atom. The molecule has 1 rings (SSSR count). The van der Waals surface area contributed by atoms with Gasteiger partial charge in [-0.1, -0.05) is 13.0 Å². The van der Waals surface area contributed by atoms with Gasteiger partial charge in [0.1, 0.15) is 6.61 Å². The number of nitrogens with zero attached hydrogens (tertiary/aromatic N) is 1. The number of pyridine rings is 1. The maximum Gasteiger partial charge on any atom is 0.218 e. The molecule has 0 saturated carbocycles. The van der Waals surface area contributed by atoms with Crippen molar-refractivity contribution >= 4 is 0 Å². The van der Waals surface area contributed by atoms with Gasteiger partial charge in [0.15, 0.2) is 0 Å². The molecular formula is C13H22N2O2. The highest BCUT2D eigenvalue weighted by atomic mass is 16.5. The van der Waals surface area contributed by atoms with Crippen molar-refractivity contribution in [1.29, 1.82) is 0 Å². The first-order valence-corrected chi connectivity index (χ1v) is 6.18. The summed E-state index contributed by atoms with van der Waals surface area (Å²) in [6.07, 6.45) is 1.75. The summed E-state index contributed by atoms with van der Waals surface area (Å²) in [4.78, 5) is 4.26. The zero-order valence-corrected chi connectivity index (χ0v) is 10.9. The normalized spacial score (nSPS) is 12.4. The lowest BCUT2D eigenvalue weighted by Gasteiger charge is -2.16. The summed E-state index contributed by atoms with van der Waals surface area (Å²) >= 11 is 0. The Kier molecular flexibility index (Phi) is 6.58. The van der Waals surface area contributed by atoms with Gasteiger partial charge < -0.3 is 14.8 Å². The van der Waals surface area contributed by atoms with Crippen molar-refractivity contribution in [2.75, 3.05) is 26.4 Å². The largest absolute Gasteiger partial charge is 0.475 e. The van der Waals surface area contributed by atoms with Crippen LogP contribution in [0, 0.1) is 0 Å². The van der Waals surface area contributed by atoms with Gasteiger partial charge in [0.2, 0.25) is 5.88 Å². The number of nitrogens with one attached hydrogen (secondary N) is 1. The molecule has 0 aliphatic carbocycles. The van der Waals surface area contributed by atoms with Gasteiger partial charge in [-0.15, -0.1) is 0 Å². The fourth-order valence-corrected chi connectivity index (χ4v) is 1.61. The average molecular weight is 238 g/mol. The lowest BCUT2D eigenvalue weighted by Crippen LogP contribution is -2.19. The lowest BCUT2D eigenvalue weighted by atomic mass is 10.1. The molecule has 1 unspecified atom stereocenters. The number of rotatable bonds is 8. The molecule has 0 spiro atoms. The first-order valence-electron chi connectivity index (χ1n) is 6.18. The van der Waals surface area contributed by atoms with Crippen LogP contribution in [-0.4, -0.2) is 31.3 Å². The number of hydrogen-bond donors (Lipinski definition) is 1. The van der Waals surface area contributed by atoms with E-state index in [1.807, 2.05) is 19.1 Å². The minimum Gasteiger partial charge on any atom is -0.475 e. The van der Waals surface area contributed by atoms with Gasteiger partial charge in [0.05, 0.1) is 6.61 Å². The molecule has 0 radical (unpaired) electrons. The smallest absolute Gasteiger partial charge is 0.218 e. The third-order valence-corrected chi connectivity index (χ3v) is 2.45. The summed E-state index contributed by atoms with van der Waals surface area (Å²) in [5.74, 6) is 0.695. The Morgan fingerprint density at radius 3 is 2.88 bits per heavy atom. The van der Waals surface area contributed by atoms with E-state index in [1.54, 1.807) is 6.20 Å². The van der Waals surface area contributed by atoms with E-state index in [1.165, 1.54) is 0 Å². The molecule has 0 aromatic carbocycles. The maximum atomic E-state index is 5.63. The Morgan fingerprint density at radius 1 is 1.35 bits per heavy atom. The van der Waals surface area contributed by atoms with Crippen molar-refractivity contribution in [1.82, 2.24) is 10.3 Å². The van der Waals surface area contributed by atoms with Crippen LogP contribution in [0.25, 0.3) is 0 Å². The van der Waals surface area contributed by atoms with Crippen LogP contribution in [0.2, 0.25) is 0 Å².